The molecule has 4 aromatic rings. The SMILES string of the molecule is COC(=O)c1nc(-c2ccc(Br)cc2)[nH]c(=O)c1N(Cc1ccccc1)C(C(=O)NC1CCCCC1)c1ccccc1. The van der Waals surface area contributed by atoms with Crippen LogP contribution in [0.1, 0.15) is 59.8 Å². The molecule has 0 radical (unpaired) electrons. The molecule has 0 spiro atoms. The van der Waals surface area contributed by atoms with Crippen LogP contribution in [0.25, 0.3) is 11.4 Å². The Hall–Kier alpha value is -4.24. The highest BCUT2D eigenvalue weighted by Crippen LogP contribution is 2.31. The minimum atomic E-state index is -0.918. The van der Waals surface area contributed by atoms with Crippen molar-refractivity contribution in [3.05, 3.63) is 117 Å². The molecule has 1 aliphatic rings. The lowest BCUT2D eigenvalue weighted by Gasteiger charge is -2.35. The Morgan fingerprint density at radius 1 is 0.976 bits per heavy atom. The van der Waals surface area contributed by atoms with E-state index in [1.54, 1.807) is 17.0 Å². The molecule has 1 heterocycles. The number of halogens is 1. The number of hydrogen-bond donors (Lipinski definition) is 2. The first-order chi connectivity index (χ1) is 20.4. The third kappa shape index (κ3) is 6.79. The predicted molar refractivity (Wildman–Crippen MR) is 166 cm³/mol. The van der Waals surface area contributed by atoms with Crippen LogP contribution in [0.3, 0.4) is 0 Å². The maximum Gasteiger partial charge on any atom is 0.359 e. The number of methoxy groups -OCH3 is 1. The fourth-order valence-electron chi connectivity index (χ4n) is 5.43. The van der Waals surface area contributed by atoms with Gasteiger partial charge >= 0.3 is 5.97 Å². The number of aromatic nitrogens is 2. The minimum Gasteiger partial charge on any atom is -0.464 e. The van der Waals surface area contributed by atoms with Gasteiger partial charge in [-0.3, -0.25) is 9.59 Å². The molecule has 1 amide bonds. The van der Waals surface area contributed by atoms with Gasteiger partial charge in [0.1, 0.15) is 17.6 Å². The van der Waals surface area contributed by atoms with E-state index < -0.39 is 17.6 Å². The van der Waals surface area contributed by atoms with Gasteiger partial charge in [-0.05, 0) is 36.1 Å². The largest absolute Gasteiger partial charge is 0.464 e. The number of carbonyl (C=O) groups excluding carboxylic acids is 2. The van der Waals surface area contributed by atoms with E-state index in [-0.39, 0.29) is 35.7 Å². The van der Waals surface area contributed by atoms with Crippen LogP contribution in [-0.2, 0) is 16.1 Å². The van der Waals surface area contributed by atoms with Crippen LogP contribution in [0.4, 0.5) is 5.69 Å². The second-order valence-corrected chi connectivity index (χ2v) is 11.3. The van der Waals surface area contributed by atoms with E-state index in [0.717, 1.165) is 42.1 Å². The Morgan fingerprint density at radius 2 is 1.62 bits per heavy atom. The van der Waals surface area contributed by atoms with E-state index >= 15 is 0 Å². The van der Waals surface area contributed by atoms with Crippen molar-refractivity contribution in [2.75, 3.05) is 12.0 Å². The minimum absolute atomic E-state index is 0.0285. The van der Waals surface area contributed by atoms with Crippen LogP contribution in [0.5, 0.6) is 0 Å². The molecular weight excluding hydrogens is 596 g/mol. The lowest BCUT2D eigenvalue weighted by Crippen LogP contribution is -2.46. The molecule has 9 heteroatoms. The van der Waals surface area contributed by atoms with Gasteiger partial charge in [0.15, 0.2) is 5.69 Å². The zero-order chi connectivity index (χ0) is 29.5. The number of rotatable bonds is 9. The van der Waals surface area contributed by atoms with Crippen molar-refractivity contribution in [2.45, 2.75) is 50.7 Å². The lowest BCUT2D eigenvalue weighted by molar-refractivity contribution is -0.123. The van der Waals surface area contributed by atoms with Crippen LogP contribution in [-0.4, -0.2) is 35.0 Å². The van der Waals surface area contributed by atoms with Gasteiger partial charge in [0.05, 0.1) is 7.11 Å². The maximum absolute atomic E-state index is 14.2. The number of aromatic amines is 1. The third-order valence-electron chi connectivity index (χ3n) is 7.50. The molecule has 1 aromatic heterocycles. The first-order valence-electron chi connectivity index (χ1n) is 14.1. The number of carbonyl (C=O) groups is 2. The summed E-state index contributed by atoms with van der Waals surface area (Å²) in [5, 5.41) is 3.24. The Kier molecular flexibility index (Phi) is 9.48. The summed E-state index contributed by atoms with van der Waals surface area (Å²) in [6.45, 7) is 0.172. The lowest BCUT2D eigenvalue weighted by atomic mass is 9.94. The molecule has 216 valence electrons. The number of amides is 1. The highest BCUT2D eigenvalue weighted by Gasteiger charge is 2.35. The third-order valence-corrected chi connectivity index (χ3v) is 8.03. The van der Waals surface area contributed by atoms with Gasteiger partial charge in [-0.25, -0.2) is 9.78 Å². The average molecular weight is 630 g/mol. The van der Waals surface area contributed by atoms with E-state index in [1.807, 2.05) is 72.8 Å². The molecule has 1 saturated carbocycles. The molecule has 2 N–H and O–H groups in total. The predicted octanol–water partition coefficient (Wildman–Crippen LogP) is 6.18. The van der Waals surface area contributed by atoms with Crippen LogP contribution in [0.15, 0.2) is 94.2 Å². The second-order valence-electron chi connectivity index (χ2n) is 10.4. The molecule has 42 heavy (non-hydrogen) atoms. The topological polar surface area (TPSA) is 104 Å². The highest BCUT2D eigenvalue weighted by atomic mass is 79.9. The monoisotopic (exact) mass is 628 g/mol. The molecule has 5 rings (SSSR count). The van der Waals surface area contributed by atoms with E-state index in [9.17, 15) is 14.4 Å². The molecule has 1 aliphatic carbocycles. The van der Waals surface area contributed by atoms with E-state index in [1.165, 1.54) is 7.11 Å². The van der Waals surface area contributed by atoms with Crippen molar-refractivity contribution in [1.29, 1.82) is 0 Å². The van der Waals surface area contributed by atoms with Crippen molar-refractivity contribution in [3.63, 3.8) is 0 Å². The van der Waals surface area contributed by atoms with Crippen LogP contribution < -0.4 is 15.8 Å². The van der Waals surface area contributed by atoms with Gasteiger partial charge in [0, 0.05) is 22.6 Å². The van der Waals surface area contributed by atoms with Crippen molar-refractivity contribution in [3.8, 4) is 11.4 Å². The van der Waals surface area contributed by atoms with Gasteiger partial charge in [-0.1, -0.05) is 108 Å². The first-order valence-corrected chi connectivity index (χ1v) is 14.9. The smallest absolute Gasteiger partial charge is 0.359 e. The standard InChI is InChI=1S/C33H33BrN4O4/c1-42-33(41)27-29(32(40)37-30(36-27)24-17-19-25(34)20-18-24)38(21-22-11-5-2-6-12-22)28(23-13-7-3-8-14-23)31(39)35-26-15-9-4-10-16-26/h2-3,5-8,11-14,17-20,26,28H,4,9-10,15-16,21H2,1H3,(H,35,39)(H,36,37,40). The molecule has 0 aliphatic heterocycles. The van der Waals surface area contributed by atoms with Gasteiger partial charge in [-0.15, -0.1) is 0 Å². The second kappa shape index (κ2) is 13.6. The quantitative estimate of drug-likeness (QED) is 0.214. The summed E-state index contributed by atoms with van der Waals surface area (Å²) in [5.41, 5.74) is 1.42. The molecule has 0 bridgehead atoms. The number of hydrogen-bond acceptors (Lipinski definition) is 6. The Bertz CT molecular complexity index is 1570. The zero-order valence-electron chi connectivity index (χ0n) is 23.4. The van der Waals surface area contributed by atoms with Gasteiger partial charge in [0.2, 0.25) is 5.91 Å². The van der Waals surface area contributed by atoms with Crippen LogP contribution in [0, 0.1) is 0 Å². The van der Waals surface area contributed by atoms with Crippen molar-refractivity contribution in [1.82, 2.24) is 15.3 Å². The number of benzene rings is 3. The summed E-state index contributed by atoms with van der Waals surface area (Å²) in [6, 6.07) is 25.2. The molecule has 1 atom stereocenters. The number of nitrogens with one attached hydrogen (secondary N) is 2. The number of nitrogens with zero attached hydrogens (tertiary/aromatic N) is 2. The summed E-state index contributed by atoms with van der Waals surface area (Å²) in [7, 11) is 1.25. The molecule has 0 saturated heterocycles. The summed E-state index contributed by atoms with van der Waals surface area (Å²) in [5.74, 6) is -0.789. The number of esters is 1. The van der Waals surface area contributed by atoms with Gasteiger partial charge < -0.3 is 19.9 Å². The fraction of sp³-hybridized carbons (Fsp3) is 0.273. The van der Waals surface area contributed by atoms with E-state index in [2.05, 4.69) is 31.2 Å². The Morgan fingerprint density at radius 3 is 2.26 bits per heavy atom. The Labute approximate surface area is 253 Å². The van der Waals surface area contributed by atoms with Crippen molar-refractivity contribution in [2.24, 2.45) is 0 Å². The molecule has 8 nitrogen and oxygen atoms in total. The Balaban J connectivity index is 1.68. The van der Waals surface area contributed by atoms with Crippen LogP contribution >= 0.6 is 15.9 Å². The zero-order valence-corrected chi connectivity index (χ0v) is 25.0. The van der Waals surface area contributed by atoms with Gasteiger partial charge in [0.25, 0.3) is 5.56 Å². The summed E-state index contributed by atoms with van der Waals surface area (Å²) in [4.78, 5) is 50.6. The van der Waals surface area contributed by atoms with Gasteiger partial charge in [-0.2, -0.15) is 0 Å². The number of H-pyrrole nitrogens is 1. The van der Waals surface area contributed by atoms with E-state index in [0.29, 0.717) is 11.1 Å². The van der Waals surface area contributed by atoms with Crippen molar-refractivity contribution < 1.29 is 14.3 Å². The first kappa shape index (κ1) is 29.3. The molecular formula is C33H33BrN4O4. The summed E-state index contributed by atoms with van der Waals surface area (Å²) < 4.78 is 5.98. The van der Waals surface area contributed by atoms with Crippen molar-refractivity contribution >= 4 is 33.5 Å². The average Bonchev–Trinajstić information content (AvgIpc) is 3.02. The maximum atomic E-state index is 14.2. The summed E-state index contributed by atoms with van der Waals surface area (Å²) in [6.07, 6.45) is 5.08. The molecule has 3 aromatic carbocycles. The highest BCUT2D eigenvalue weighted by molar-refractivity contribution is 9.10. The van der Waals surface area contributed by atoms with E-state index in [4.69, 9.17) is 4.74 Å². The van der Waals surface area contributed by atoms with Crippen LogP contribution in [0.2, 0.25) is 0 Å². The fourth-order valence-corrected chi connectivity index (χ4v) is 5.70. The molecule has 1 fully saturated rings. The summed E-state index contributed by atoms with van der Waals surface area (Å²) >= 11 is 3.42. The molecule has 1 unspecified atom stereocenters. The normalized spacial score (nSPS) is 14.1. The number of anilines is 1. The number of ether oxygens (including phenoxy) is 1.